The smallest absolute Gasteiger partial charge is 0.225 e. The Morgan fingerprint density at radius 3 is 2.47 bits per heavy atom. The van der Waals surface area contributed by atoms with Crippen LogP contribution in [0.15, 0.2) is 18.5 Å². The van der Waals surface area contributed by atoms with Gasteiger partial charge in [-0.05, 0) is 37.9 Å². The highest BCUT2D eigenvalue weighted by Gasteiger charge is 2.34. The Morgan fingerprint density at radius 1 is 1.11 bits per heavy atom. The zero-order chi connectivity index (χ0) is 13.1. The highest BCUT2D eigenvalue weighted by atomic mass is 16.3. The molecule has 2 atom stereocenters. The van der Waals surface area contributed by atoms with Crippen LogP contribution in [0.3, 0.4) is 0 Å². The monoisotopic (exact) mass is 262 g/mol. The van der Waals surface area contributed by atoms with E-state index in [9.17, 15) is 5.11 Å². The zero-order valence-electron chi connectivity index (χ0n) is 11.3. The summed E-state index contributed by atoms with van der Waals surface area (Å²) in [6, 6.07) is 1.84. The molecule has 0 unspecified atom stereocenters. The number of aliphatic hydroxyl groups excluding tert-OH is 1. The van der Waals surface area contributed by atoms with Gasteiger partial charge in [0.25, 0.3) is 0 Å². The predicted molar refractivity (Wildman–Crippen MR) is 74.0 cm³/mol. The second kappa shape index (κ2) is 5.84. The third-order valence-corrected chi connectivity index (χ3v) is 4.34. The maximum atomic E-state index is 9.59. The van der Waals surface area contributed by atoms with Gasteiger partial charge in [0, 0.05) is 44.6 Å². The molecule has 2 saturated heterocycles. The van der Waals surface area contributed by atoms with Gasteiger partial charge in [0.05, 0.1) is 0 Å². The van der Waals surface area contributed by atoms with Crippen molar-refractivity contribution in [2.45, 2.75) is 12.8 Å². The summed E-state index contributed by atoms with van der Waals surface area (Å²) in [6.07, 6.45) is 6.21. The van der Waals surface area contributed by atoms with Crippen molar-refractivity contribution in [2.24, 2.45) is 11.8 Å². The van der Waals surface area contributed by atoms with Gasteiger partial charge in [0.2, 0.25) is 5.95 Å². The van der Waals surface area contributed by atoms with Crippen LogP contribution in [0.25, 0.3) is 0 Å². The van der Waals surface area contributed by atoms with Crippen LogP contribution in [0, 0.1) is 11.8 Å². The number of aliphatic hydroxyl groups is 1. The molecule has 0 spiro atoms. The molecule has 0 aliphatic carbocycles. The Labute approximate surface area is 114 Å². The van der Waals surface area contributed by atoms with Crippen molar-refractivity contribution >= 4 is 5.95 Å². The fourth-order valence-corrected chi connectivity index (χ4v) is 3.27. The number of hydrogen-bond acceptors (Lipinski definition) is 5. The molecule has 2 aliphatic rings. The van der Waals surface area contributed by atoms with E-state index in [4.69, 9.17) is 0 Å². The molecule has 3 rings (SSSR count). The molecule has 3 heterocycles. The van der Waals surface area contributed by atoms with E-state index in [1.165, 1.54) is 25.9 Å². The molecule has 104 valence electrons. The minimum absolute atomic E-state index is 0.266. The molecule has 1 aromatic heterocycles. The third kappa shape index (κ3) is 2.87. The van der Waals surface area contributed by atoms with Gasteiger partial charge < -0.3 is 14.9 Å². The molecule has 5 nitrogen and oxygen atoms in total. The van der Waals surface area contributed by atoms with Crippen LogP contribution in [-0.2, 0) is 0 Å². The fourth-order valence-electron chi connectivity index (χ4n) is 3.27. The normalized spacial score (nSPS) is 28.2. The molecule has 0 amide bonds. The van der Waals surface area contributed by atoms with Crippen LogP contribution in [0.4, 0.5) is 5.95 Å². The Bertz CT molecular complexity index is 394. The van der Waals surface area contributed by atoms with Gasteiger partial charge in [-0.3, -0.25) is 0 Å². The third-order valence-electron chi connectivity index (χ3n) is 4.34. The number of aromatic nitrogens is 2. The summed E-state index contributed by atoms with van der Waals surface area (Å²) in [5, 5.41) is 9.59. The lowest BCUT2D eigenvalue weighted by molar-refractivity contribution is 0.176. The van der Waals surface area contributed by atoms with Crippen molar-refractivity contribution in [3.05, 3.63) is 18.5 Å². The Balaban J connectivity index is 1.64. The van der Waals surface area contributed by atoms with Crippen LogP contribution in [0.1, 0.15) is 12.8 Å². The summed E-state index contributed by atoms with van der Waals surface area (Å²) in [5.41, 5.74) is 0. The summed E-state index contributed by atoms with van der Waals surface area (Å²) in [7, 11) is 0. The van der Waals surface area contributed by atoms with E-state index in [2.05, 4.69) is 19.8 Å². The average Bonchev–Trinajstić information content (AvgIpc) is 3.10. The quantitative estimate of drug-likeness (QED) is 0.862. The number of anilines is 1. The predicted octanol–water partition coefficient (Wildman–Crippen LogP) is 0.617. The first-order valence-electron chi connectivity index (χ1n) is 7.22. The second-order valence-corrected chi connectivity index (χ2v) is 5.66. The summed E-state index contributed by atoms with van der Waals surface area (Å²) in [4.78, 5) is 13.4. The average molecular weight is 262 g/mol. The molecular formula is C14H22N4O. The molecule has 1 N–H and O–H groups in total. The SMILES string of the molecule is OC[C@H]1CN(c2ncccn2)C[C@H]1CN1CCCC1. The van der Waals surface area contributed by atoms with E-state index in [1.54, 1.807) is 12.4 Å². The van der Waals surface area contributed by atoms with E-state index in [-0.39, 0.29) is 6.61 Å². The molecular weight excluding hydrogens is 240 g/mol. The van der Waals surface area contributed by atoms with Gasteiger partial charge in [-0.25, -0.2) is 9.97 Å². The van der Waals surface area contributed by atoms with Crippen LogP contribution in [-0.4, -0.2) is 59.3 Å². The highest BCUT2D eigenvalue weighted by Crippen LogP contribution is 2.27. The molecule has 5 heteroatoms. The molecule has 1 aromatic rings. The number of hydrogen-bond donors (Lipinski definition) is 1. The summed E-state index contributed by atoms with van der Waals surface area (Å²) >= 11 is 0. The van der Waals surface area contributed by atoms with Crippen molar-refractivity contribution in [1.29, 1.82) is 0 Å². The van der Waals surface area contributed by atoms with E-state index in [0.717, 1.165) is 25.6 Å². The largest absolute Gasteiger partial charge is 0.396 e. The van der Waals surface area contributed by atoms with E-state index < -0.39 is 0 Å². The lowest BCUT2D eigenvalue weighted by Gasteiger charge is -2.22. The van der Waals surface area contributed by atoms with Crippen molar-refractivity contribution in [3.8, 4) is 0 Å². The van der Waals surface area contributed by atoms with Crippen molar-refractivity contribution in [3.63, 3.8) is 0 Å². The number of rotatable bonds is 4. The van der Waals surface area contributed by atoms with Crippen LogP contribution >= 0.6 is 0 Å². The molecule has 0 bridgehead atoms. The lowest BCUT2D eigenvalue weighted by atomic mass is 9.96. The first-order chi connectivity index (χ1) is 9.36. The Hall–Kier alpha value is -1.20. The van der Waals surface area contributed by atoms with E-state index in [0.29, 0.717) is 11.8 Å². The van der Waals surface area contributed by atoms with E-state index in [1.807, 2.05) is 6.07 Å². The van der Waals surface area contributed by atoms with Gasteiger partial charge in [-0.15, -0.1) is 0 Å². The molecule has 0 aromatic carbocycles. The van der Waals surface area contributed by atoms with Crippen LogP contribution in [0.5, 0.6) is 0 Å². The standard InChI is InChI=1S/C14H22N4O/c19-11-13-10-18(14-15-4-3-5-16-14)9-12(13)8-17-6-1-2-7-17/h3-5,12-13,19H,1-2,6-11H2/t12-,13-/m1/s1. The summed E-state index contributed by atoms with van der Waals surface area (Å²) in [6.45, 7) is 5.65. The van der Waals surface area contributed by atoms with Crippen LogP contribution in [0.2, 0.25) is 0 Å². The molecule has 2 aliphatic heterocycles. The fraction of sp³-hybridized carbons (Fsp3) is 0.714. The maximum Gasteiger partial charge on any atom is 0.225 e. The number of likely N-dealkylation sites (tertiary alicyclic amines) is 1. The second-order valence-electron chi connectivity index (χ2n) is 5.66. The highest BCUT2D eigenvalue weighted by molar-refractivity contribution is 5.31. The summed E-state index contributed by atoms with van der Waals surface area (Å²) < 4.78 is 0. The number of nitrogens with zero attached hydrogens (tertiary/aromatic N) is 4. The minimum Gasteiger partial charge on any atom is -0.396 e. The van der Waals surface area contributed by atoms with Crippen molar-refractivity contribution in [1.82, 2.24) is 14.9 Å². The molecule has 0 radical (unpaired) electrons. The topological polar surface area (TPSA) is 52.5 Å². The summed E-state index contributed by atoms with van der Waals surface area (Å²) in [5.74, 6) is 1.68. The van der Waals surface area contributed by atoms with Gasteiger partial charge in [-0.1, -0.05) is 0 Å². The Kier molecular flexibility index (Phi) is 3.94. The van der Waals surface area contributed by atoms with Crippen LogP contribution < -0.4 is 4.90 Å². The Morgan fingerprint density at radius 2 is 1.79 bits per heavy atom. The van der Waals surface area contributed by atoms with Gasteiger partial charge in [0.1, 0.15) is 0 Å². The van der Waals surface area contributed by atoms with E-state index >= 15 is 0 Å². The molecule has 2 fully saturated rings. The molecule has 0 saturated carbocycles. The van der Waals surface area contributed by atoms with Crippen molar-refractivity contribution in [2.75, 3.05) is 44.2 Å². The lowest BCUT2D eigenvalue weighted by Crippen LogP contribution is -2.32. The maximum absolute atomic E-state index is 9.59. The first kappa shape index (κ1) is 12.8. The molecule has 19 heavy (non-hydrogen) atoms. The minimum atomic E-state index is 0.266. The van der Waals surface area contributed by atoms with Gasteiger partial charge >= 0.3 is 0 Å². The first-order valence-corrected chi connectivity index (χ1v) is 7.22. The van der Waals surface area contributed by atoms with Gasteiger partial charge in [-0.2, -0.15) is 0 Å². The van der Waals surface area contributed by atoms with Gasteiger partial charge in [0.15, 0.2) is 0 Å². The van der Waals surface area contributed by atoms with Crippen molar-refractivity contribution < 1.29 is 5.11 Å². The zero-order valence-corrected chi connectivity index (χ0v) is 11.3.